The fourth-order valence-corrected chi connectivity index (χ4v) is 0.683. The second kappa shape index (κ2) is 2.72. The van der Waals surface area contributed by atoms with Crippen LogP contribution in [-0.2, 0) is 0 Å². The minimum absolute atomic E-state index is 0.958. The van der Waals surface area contributed by atoms with Gasteiger partial charge in [0.2, 0.25) is 0 Å². The lowest BCUT2D eigenvalue weighted by Gasteiger charge is -1.83. The van der Waals surface area contributed by atoms with Crippen molar-refractivity contribution in [2.24, 2.45) is 10.2 Å². The van der Waals surface area contributed by atoms with Crippen LogP contribution in [0.4, 0.5) is 0 Å². The maximum absolute atomic E-state index is 3.90. The lowest BCUT2D eigenvalue weighted by molar-refractivity contribution is 0.742. The first-order chi connectivity index (χ1) is 3.50. The summed E-state index contributed by atoms with van der Waals surface area (Å²) in [6.45, 7) is 1.92. The first kappa shape index (κ1) is 4.75. The zero-order valence-electron chi connectivity index (χ0n) is 4.43. The molecule has 1 aliphatic rings. The van der Waals surface area contributed by atoms with Crippen LogP contribution < -0.4 is 0 Å². The Morgan fingerprint density at radius 2 is 1.29 bits per heavy atom. The molecule has 0 aromatic rings. The van der Waals surface area contributed by atoms with Gasteiger partial charge in [-0.1, -0.05) is 0 Å². The van der Waals surface area contributed by atoms with E-state index in [0.29, 0.717) is 0 Å². The minimum atomic E-state index is 0.958. The maximum atomic E-state index is 3.90. The highest BCUT2D eigenvalue weighted by atomic mass is 15.1. The van der Waals surface area contributed by atoms with Gasteiger partial charge in [-0.05, 0) is 19.3 Å². The van der Waals surface area contributed by atoms with Crippen LogP contribution in [0.3, 0.4) is 0 Å². The molecule has 0 saturated heterocycles. The van der Waals surface area contributed by atoms with Crippen LogP contribution in [-0.4, -0.2) is 13.1 Å². The molecule has 0 radical (unpaired) electrons. The van der Waals surface area contributed by atoms with Crippen LogP contribution in [0.1, 0.15) is 19.3 Å². The lowest BCUT2D eigenvalue weighted by atomic mass is 10.2. The third kappa shape index (κ3) is 1.67. The Labute approximate surface area is 43.6 Å². The van der Waals surface area contributed by atoms with Gasteiger partial charge >= 0.3 is 0 Å². The minimum Gasteiger partial charge on any atom is -0.194 e. The molecule has 0 fully saturated rings. The van der Waals surface area contributed by atoms with Gasteiger partial charge in [-0.3, -0.25) is 0 Å². The number of rotatable bonds is 0. The predicted molar refractivity (Wildman–Crippen MR) is 28.4 cm³/mol. The van der Waals surface area contributed by atoms with E-state index >= 15 is 0 Å². The molecule has 0 aliphatic carbocycles. The summed E-state index contributed by atoms with van der Waals surface area (Å²) in [5, 5.41) is 7.79. The second-order valence-corrected chi connectivity index (χ2v) is 1.79. The molecular weight excluding hydrogens is 88.1 g/mol. The van der Waals surface area contributed by atoms with E-state index in [4.69, 9.17) is 0 Å². The highest BCUT2D eigenvalue weighted by molar-refractivity contribution is 4.50. The van der Waals surface area contributed by atoms with Crippen LogP contribution in [0.25, 0.3) is 0 Å². The summed E-state index contributed by atoms with van der Waals surface area (Å²) in [5.41, 5.74) is 0. The topological polar surface area (TPSA) is 24.7 Å². The van der Waals surface area contributed by atoms with Crippen molar-refractivity contribution in [2.45, 2.75) is 19.3 Å². The zero-order chi connectivity index (χ0) is 4.95. The van der Waals surface area contributed by atoms with Crippen molar-refractivity contribution in [1.82, 2.24) is 0 Å². The molecule has 0 atom stereocenters. The predicted octanol–water partition coefficient (Wildman–Crippen LogP) is 1.62. The summed E-state index contributed by atoms with van der Waals surface area (Å²) in [6, 6.07) is 0. The molecule has 0 spiro atoms. The van der Waals surface area contributed by atoms with Crippen LogP contribution in [0, 0.1) is 0 Å². The number of hydrogen-bond donors (Lipinski definition) is 0. The van der Waals surface area contributed by atoms with Crippen LogP contribution >= 0.6 is 0 Å². The van der Waals surface area contributed by atoms with E-state index in [-0.39, 0.29) is 0 Å². The van der Waals surface area contributed by atoms with Gasteiger partial charge in [0.05, 0.1) is 13.1 Å². The highest BCUT2D eigenvalue weighted by Crippen LogP contribution is 2.00. The molecule has 2 heteroatoms. The third-order valence-electron chi connectivity index (χ3n) is 1.12. The van der Waals surface area contributed by atoms with Gasteiger partial charge in [-0.15, -0.1) is 0 Å². The molecule has 0 unspecified atom stereocenters. The molecule has 0 saturated carbocycles. The summed E-state index contributed by atoms with van der Waals surface area (Å²) in [7, 11) is 0. The summed E-state index contributed by atoms with van der Waals surface area (Å²) >= 11 is 0. The Balaban J connectivity index is 2.20. The first-order valence-corrected chi connectivity index (χ1v) is 2.83. The van der Waals surface area contributed by atoms with Gasteiger partial charge in [-0.2, -0.15) is 10.2 Å². The average molecular weight is 98.1 g/mol. The lowest BCUT2D eigenvalue weighted by Crippen LogP contribution is -1.76. The van der Waals surface area contributed by atoms with Crippen molar-refractivity contribution in [2.75, 3.05) is 13.1 Å². The molecule has 0 N–H and O–H groups in total. The van der Waals surface area contributed by atoms with Crippen LogP contribution in [0.5, 0.6) is 0 Å². The van der Waals surface area contributed by atoms with Crippen molar-refractivity contribution in [1.29, 1.82) is 0 Å². The van der Waals surface area contributed by atoms with Crippen molar-refractivity contribution in [3.8, 4) is 0 Å². The van der Waals surface area contributed by atoms with Gasteiger partial charge in [-0.25, -0.2) is 0 Å². The fourth-order valence-electron chi connectivity index (χ4n) is 0.683. The Morgan fingerprint density at radius 1 is 0.714 bits per heavy atom. The molecular formula is C5H10N2. The van der Waals surface area contributed by atoms with Crippen LogP contribution in [0.15, 0.2) is 10.2 Å². The van der Waals surface area contributed by atoms with E-state index in [1.54, 1.807) is 0 Å². The number of hydrogen-bond acceptors (Lipinski definition) is 2. The summed E-state index contributed by atoms with van der Waals surface area (Å²) in [6.07, 6.45) is 3.79. The Hall–Kier alpha value is -0.400. The summed E-state index contributed by atoms with van der Waals surface area (Å²) < 4.78 is 0. The van der Waals surface area contributed by atoms with Gasteiger partial charge in [0.15, 0.2) is 0 Å². The zero-order valence-corrected chi connectivity index (χ0v) is 4.43. The quantitative estimate of drug-likeness (QED) is 0.440. The normalized spacial score (nSPS) is 21.7. The van der Waals surface area contributed by atoms with Gasteiger partial charge in [0.25, 0.3) is 0 Å². The van der Waals surface area contributed by atoms with Gasteiger partial charge < -0.3 is 0 Å². The largest absolute Gasteiger partial charge is 0.194 e. The molecule has 0 aromatic heterocycles. The first-order valence-electron chi connectivity index (χ1n) is 2.83. The average Bonchev–Trinajstić information content (AvgIpc) is 1.90. The van der Waals surface area contributed by atoms with Crippen molar-refractivity contribution < 1.29 is 0 Å². The molecule has 40 valence electrons. The van der Waals surface area contributed by atoms with E-state index in [1.807, 2.05) is 0 Å². The van der Waals surface area contributed by atoms with E-state index in [9.17, 15) is 0 Å². The number of nitrogens with zero attached hydrogens (tertiary/aromatic N) is 2. The maximum Gasteiger partial charge on any atom is 0.0598 e. The molecule has 0 amide bonds. The van der Waals surface area contributed by atoms with E-state index in [2.05, 4.69) is 10.2 Å². The highest BCUT2D eigenvalue weighted by Gasteiger charge is 1.90. The standard InChI is InChI=1S/C5H10N2/c1-2-4-6-7-5-3-1/h1-5H2. The van der Waals surface area contributed by atoms with Gasteiger partial charge in [0, 0.05) is 0 Å². The Bertz CT molecular complexity index is 60.5. The molecule has 2 nitrogen and oxygen atoms in total. The summed E-state index contributed by atoms with van der Waals surface area (Å²) in [4.78, 5) is 0. The third-order valence-corrected chi connectivity index (χ3v) is 1.12. The van der Waals surface area contributed by atoms with Crippen LogP contribution in [0.2, 0.25) is 0 Å². The Morgan fingerprint density at radius 3 is 1.86 bits per heavy atom. The van der Waals surface area contributed by atoms with Crippen molar-refractivity contribution in [3.05, 3.63) is 0 Å². The van der Waals surface area contributed by atoms with E-state index < -0.39 is 0 Å². The molecule has 1 aliphatic heterocycles. The molecule has 1 rings (SSSR count). The summed E-state index contributed by atoms with van der Waals surface area (Å²) in [5.74, 6) is 0. The smallest absolute Gasteiger partial charge is 0.0598 e. The van der Waals surface area contributed by atoms with Crippen molar-refractivity contribution in [3.63, 3.8) is 0 Å². The van der Waals surface area contributed by atoms with E-state index in [0.717, 1.165) is 13.1 Å². The number of azo groups is 1. The SMILES string of the molecule is C1CCN=NCC1. The van der Waals surface area contributed by atoms with E-state index in [1.165, 1.54) is 19.3 Å². The second-order valence-electron chi connectivity index (χ2n) is 1.79. The fraction of sp³-hybridized carbons (Fsp3) is 1.00. The monoisotopic (exact) mass is 98.1 g/mol. The van der Waals surface area contributed by atoms with Gasteiger partial charge in [0.1, 0.15) is 0 Å². The molecule has 0 aromatic carbocycles. The molecule has 7 heavy (non-hydrogen) atoms. The van der Waals surface area contributed by atoms with Crippen molar-refractivity contribution >= 4 is 0 Å². The molecule has 0 bridgehead atoms. The molecule has 1 heterocycles. The Kier molecular flexibility index (Phi) is 1.85.